The molecule has 1 aliphatic heterocycles. The van der Waals surface area contributed by atoms with Crippen molar-refractivity contribution in [2.45, 2.75) is 158 Å². The zero-order valence-electron chi connectivity index (χ0n) is 54.4. The van der Waals surface area contributed by atoms with Crippen molar-refractivity contribution in [3.05, 3.63) is 65.4 Å². The highest BCUT2D eigenvalue weighted by Gasteiger charge is 2.45. The lowest BCUT2D eigenvalue weighted by Crippen LogP contribution is -2.64. The third-order valence-electron chi connectivity index (χ3n) is 15.0. The molecule has 0 spiro atoms. The quantitative estimate of drug-likeness (QED) is 0.0294. The molecule has 3 aromatic rings. The van der Waals surface area contributed by atoms with Crippen LogP contribution in [0.15, 0.2) is 48.7 Å². The summed E-state index contributed by atoms with van der Waals surface area (Å²) < 4.78 is 15.2. The standard InChI is InChI=1S/C62H98N12O13S2/c1-38-18-17-19-45-43(37-64-51(38)45)35-47-56(80)66-46(20-15-16-27-73(11)41(4)76)55(79)71-54(59(83)65-39(2)34-42-21-23-44(24-22-42)87-30-26-63)62(7,8)89-88-61(5,6)53(69-49(77)25-29-85-32-33-86-31-28-74(12,13)14)60(84)68-48(36-50(78)72(9)10)57(81)70-52(40(3)75)58(82)67-47/h17-19,21-24,37,39-40,46-48,52-54,64,75H,15-16,20,25-36,63H2,1-14H3,(H6-,65,66,67,68,69,70,71,77,79,80,81,82,83,84)/p+1/t39-,40-,46+,47+,48+,52+,53-,54-/m1/s1. The molecule has 0 bridgehead atoms. The Morgan fingerprint density at radius 1 is 0.764 bits per heavy atom. The van der Waals surface area contributed by atoms with Crippen LogP contribution in [0.5, 0.6) is 5.75 Å². The molecule has 25 nitrogen and oxygen atoms in total. The number of unbranched alkanes of at least 4 members (excludes halogenated alkanes) is 1. The van der Waals surface area contributed by atoms with Crippen LogP contribution in [0.25, 0.3) is 10.9 Å². The zero-order valence-corrected chi connectivity index (χ0v) is 56.1. The van der Waals surface area contributed by atoms with E-state index in [0.29, 0.717) is 61.4 Å². The maximum absolute atomic E-state index is 15.2. The van der Waals surface area contributed by atoms with Crippen LogP contribution >= 0.6 is 21.6 Å². The third-order valence-corrected chi connectivity index (χ3v) is 19.3. The predicted molar refractivity (Wildman–Crippen MR) is 345 cm³/mol. The summed E-state index contributed by atoms with van der Waals surface area (Å²) in [7, 11) is 12.9. The summed E-state index contributed by atoms with van der Waals surface area (Å²) >= 11 is 0. The molecule has 9 amide bonds. The normalized spacial score (nSPS) is 21.2. The van der Waals surface area contributed by atoms with E-state index in [0.717, 1.165) is 50.2 Å². The number of amides is 9. The number of likely N-dealkylation sites (N-methyl/N-ethyl adjacent to an activating group) is 1. The second-order valence-electron chi connectivity index (χ2n) is 25.1. The maximum atomic E-state index is 15.2. The van der Waals surface area contributed by atoms with Gasteiger partial charge in [0, 0.05) is 86.6 Å². The molecule has 496 valence electrons. The number of H-pyrrole nitrogens is 1. The Morgan fingerprint density at radius 2 is 1.38 bits per heavy atom. The van der Waals surface area contributed by atoms with Gasteiger partial charge in [0.2, 0.25) is 53.2 Å². The topological polar surface area (TPSA) is 334 Å². The van der Waals surface area contributed by atoms with Crippen LogP contribution < -0.4 is 47.7 Å². The van der Waals surface area contributed by atoms with Crippen molar-refractivity contribution in [2.24, 2.45) is 5.73 Å². The molecule has 0 saturated carbocycles. The summed E-state index contributed by atoms with van der Waals surface area (Å²) in [6, 6.07) is 3.25. The number of quaternary nitrogens is 1. The summed E-state index contributed by atoms with van der Waals surface area (Å²) in [5.74, 6) is -5.91. The predicted octanol–water partition coefficient (Wildman–Crippen LogP) is 1.60. The number of aromatic nitrogens is 1. The molecule has 1 aliphatic rings. The first kappa shape index (κ1) is 75.0. The number of aryl methyl sites for hydroxylation is 1. The fourth-order valence-electron chi connectivity index (χ4n) is 9.45. The summed E-state index contributed by atoms with van der Waals surface area (Å²) in [5, 5.41) is 31.7. The fourth-order valence-corrected chi connectivity index (χ4v) is 12.3. The number of hydrogen-bond acceptors (Lipinski definition) is 16. The van der Waals surface area contributed by atoms with Gasteiger partial charge in [-0.05, 0) is 103 Å². The van der Waals surface area contributed by atoms with E-state index in [1.807, 2.05) is 65.3 Å². The number of aliphatic hydroxyl groups is 1. The summed E-state index contributed by atoms with van der Waals surface area (Å²) in [6.07, 6.45) is 0.185. The first-order valence-electron chi connectivity index (χ1n) is 30.2. The fraction of sp³-hybridized carbons (Fsp3) is 0.629. The number of para-hydroxylation sites is 1. The van der Waals surface area contributed by atoms with Crippen LogP contribution in [0.3, 0.4) is 0 Å². The van der Waals surface area contributed by atoms with E-state index in [1.165, 1.54) is 37.7 Å². The second kappa shape index (κ2) is 35.2. The Balaban J connectivity index is 1.87. The van der Waals surface area contributed by atoms with Crippen molar-refractivity contribution in [2.75, 3.05) is 95.0 Å². The van der Waals surface area contributed by atoms with E-state index < -0.39 is 112 Å². The van der Waals surface area contributed by atoms with Gasteiger partial charge in [0.05, 0.1) is 60.1 Å². The van der Waals surface area contributed by atoms with Crippen molar-refractivity contribution in [1.29, 1.82) is 0 Å². The smallest absolute Gasteiger partial charge is 0.245 e. The number of carbonyl (C=O) groups is 9. The van der Waals surface area contributed by atoms with Crippen molar-refractivity contribution < 1.29 is 67.0 Å². The lowest BCUT2D eigenvalue weighted by atomic mass is 9.99. The van der Waals surface area contributed by atoms with Crippen LogP contribution in [0.2, 0.25) is 0 Å². The molecule has 1 saturated heterocycles. The molecule has 0 aliphatic carbocycles. The van der Waals surface area contributed by atoms with Crippen LogP contribution in [-0.4, -0.2) is 230 Å². The molecule has 89 heavy (non-hydrogen) atoms. The van der Waals surface area contributed by atoms with Gasteiger partial charge in [0.1, 0.15) is 55.2 Å². The van der Waals surface area contributed by atoms with Crippen molar-refractivity contribution in [3.63, 3.8) is 0 Å². The molecular weight excluding hydrogens is 1180 g/mol. The Kier molecular flexibility index (Phi) is 29.7. The van der Waals surface area contributed by atoms with Crippen LogP contribution in [0.1, 0.15) is 97.3 Å². The second-order valence-corrected chi connectivity index (χ2v) is 28.5. The number of benzene rings is 2. The zero-order chi connectivity index (χ0) is 66.4. The van der Waals surface area contributed by atoms with Gasteiger partial charge in [-0.15, -0.1) is 0 Å². The largest absolute Gasteiger partial charge is 0.492 e. The highest BCUT2D eigenvalue weighted by molar-refractivity contribution is 8.77. The molecule has 0 radical (unpaired) electrons. The minimum atomic E-state index is -1.79. The van der Waals surface area contributed by atoms with Crippen LogP contribution in [0, 0.1) is 6.92 Å². The molecule has 27 heteroatoms. The molecule has 2 aromatic carbocycles. The lowest BCUT2D eigenvalue weighted by molar-refractivity contribution is -0.870. The van der Waals surface area contributed by atoms with Gasteiger partial charge in [-0.25, -0.2) is 0 Å². The Bertz CT molecular complexity index is 2860. The molecule has 2 heterocycles. The Morgan fingerprint density at radius 3 is 2.01 bits per heavy atom. The molecule has 1 aromatic heterocycles. The van der Waals surface area contributed by atoms with Gasteiger partial charge in [-0.1, -0.05) is 51.9 Å². The monoisotopic (exact) mass is 1280 g/mol. The molecule has 1 fully saturated rings. The Hall–Kier alpha value is -6.49. The first-order chi connectivity index (χ1) is 41.7. The van der Waals surface area contributed by atoms with Gasteiger partial charge in [0.25, 0.3) is 0 Å². The number of nitrogens with zero attached hydrogens (tertiary/aromatic N) is 3. The number of nitrogens with one attached hydrogen (secondary N) is 8. The maximum Gasteiger partial charge on any atom is 0.245 e. The average Bonchev–Trinajstić information content (AvgIpc) is 1.95. The Labute approximate surface area is 532 Å². The molecule has 11 N–H and O–H groups in total. The number of carbonyl (C=O) groups excluding carboxylic acids is 9. The highest BCUT2D eigenvalue weighted by Crippen LogP contribution is 2.47. The number of ether oxygens (including phenoxy) is 3. The van der Waals surface area contributed by atoms with Gasteiger partial charge in [-0.2, -0.15) is 0 Å². The molecule has 8 atom stereocenters. The number of hydrogen-bond donors (Lipinski definition) is 10. The van der Waals surface area contributed by atoms with E-state index in [-0.39, 0.29) is 45.0 Å². The first-order valence-corrected chi connectivity index (χ1v) is 32.4. The van der Waals surface area contributed by atoms with Gasteiger partial charge in [-0.3, -0.25) is 43.2 Å². The number of aliphatic hydroxyl groups excluding tert-OH is 1. The summed E-state index contributed by atoms with van der Waals surface area (Å²) in [5.41, 5.74) is 8.77. The van der Waals surface area contributed by atoms with E-state index in [2.05, 4.69) is 42.2 Å². The minimum Gasteiger partial charge on any atom is -0.492 e. The highest BCUT2D eigenvalue weighted by atomic mass is 33.1. The van der Waals surface area contributed by atoms with Gasteiger partial charge in [0.15, 0.2) is 0 Å². The number of nitrogens with two attached hydrogens (primary N) is 1. The SMILES string of the molecule is CC(=O)N(C)CCCC[C@@H]1NC(=O)[C@H](Cc2c[nH]c3c(C)cccc23)NC(=O)[C@H]([C@@H](C)O)NC(=O)[C@H](CC(=O)N(C)C)NC(=O)[C@@H](NC(=O)CCOCCOCC[N+](C)(C)C)C(C)(C)SSC(C)(C)[C@@H](C(=O)N[C@H](C)Cc2ccc(OCCN)cc2)NC1=O. The number of fused-ring (bicyclic) bond motifs is 1. The third kappa shape index (κ3) is 24.7. The van der Waals surface area contributed by atoms with E-state index in [4.69, 9.17) is 19.9 Å². The van der Waals surface area contributed by atoms with Crippen molar-refractivity contribution in [3.8, 4) is 5.75 Å². The lowest BCUT2D eigenvalue weighted by Gasteiger charge is -2.39. The molecule has 4 rings (SSSR count). The molecular formula is C62H99N12O13S2+. The van der Waals surface area contributed by atoms with Gasteiger partial charge >= 0.3 is 0 Å². The van der Waals surface area contributed by atoms with E-state index in [9.17, 15) is 29.1 Å². The minimum absolute atomic E-state index is 0.00689. The molecule has 0 unspecified atom stereocenters. The number of aromatic amines is 1. The summed E-state index contributed by atoms with van der Waals surface area (Å²) in [6.45, 7) is 15.9. The number of rotatable bonds is 27. The van der Waals surface area contributed by atoms with Gasteiger partial charge < -0.3 is 81.5 Å². The van der Waals surface area contributed by atoms with E-state index in [1.54, 1.807) is 53.1 Å². The van der Waals surface area contributed by atoms with E-state index >= 15 is 19.2 Å². The van der Waals surface area contributed by atoms with Crippen molar-refractivity contribution >= 4 is 85.7 Å². The summed E-state index contributed by atoms with van der Waals surface area (Å²) in [4.78, 5) is 135. The van der Waals surface area contributed by atoms with Crippen LogP contribution in [0.4, 0.5) is 0 Å². The van der Waals surface area contributed by atoms with Crippen molar-refractivity contribution in [1.82, 2.24) is 52.0 Å². The van der Waals surface area contributed by atoms with Crippen LogP contribution in [-0.2, 0) is 65.5 Å². The average molecular weight is 1280 g/mol.